The maximum Gasteiger partial charge on any atom is 0.263 e. The number of carbonyl (C=O) groups is 2. The van der Waals surface area contributed by atoms with Crippen molar-refractivity contribution in [2.45, 2.75) is 26.3 Å². The van der Waals surface area contributed by atoms with E-state index in [1.807, 2.05) is 61.5 Å². The largest absolute Gasteiger partial charge is 0.271 e. The number of aromatic nitrogens is 1. The quantitative estimate of drug-likeness (QED) is 0.687. The van der Waals surface area contributed by atoms with Gasteiger partial charge in [-0.05, 0) is 31.9 Å². The second-order valence-electron chi connectivity index (χ2n) is 6.48. The summed E-state index contributed by atoms with van der Waals surface area (Å²) in [6.07, 6.45) is 0.636. The Morgan fingerprint density at radius 1 is 0.920 bits per heavy atom. The molecule has 2 amide bonds. The van der Waals surface area contributed by atoms with Gasteiger partial charge in [-0.25, -0.2) is 0 Å². The van der Waals surface area contributed by atoms with E-state index < -0.39 is 0 Å². The first-order chi connectivity index (χ1) is 12.1. The number of fused-ring (bicyclic) bond motifs is 3. The van der Waals surface area contributed by atoms with Crippen LogP contribution in [-0.2, 0) is 6.42 Å². The molecule has 0 saturated heterocycles. The number of hydrogen-bond donors (Lipinski definition) is 0. The number of aryl methyl sites for hydroxylation is 1. The zero-order valence-electron chi connectivity index (χ0n) is 14.2. The molecule has 1 unspecified atom stereocenters. The first-order valence-corrected chi connectivity index (χ1v) is 8.39. The van der Waals surface area contributed by atoms with Crippen LogP contribution in [0.2, 0.25) is 0 Å². The fraction of sp³-hybridized carbons (Fsp3) is 0.190. The summed E-state index contributed by atoms with van der Waals surface area (Å²) in [7, 11) is 0. The average Bonchev–Trinajstić information content (AvgIpc) is 2.88. The number of rotatable bonds is 3. The molecule has 0 bridgehead atoms. The summed E-state index contributed by atoms with van der Waals surface area (Å²) in [5.74, 6) is -0.454. The zero-order valence-corrected chi connectivity index (χ0v) is 14.2. The number of carbonyl (C=O) groups excluding carboxylic acids is 2. The third-order valence-electron chi connectivity index (χ3n) is 4.75. The van der Waals surface area contributed by atoms with Crippen LogP contribution < -0.4 is 0 Å². The normalized spacial score (nSPS) is 14.9. The topological polar surface area (TPSA) is 50.3 Å². The highest BCUT2D eigenvalue weighted by Gasteiger charge is 2.41. The van der Waals surface area contributed by atoms with E-state index in [1.54, 1.807) is 6.92 Å². The molecule has 0 aliphatic carbocycles. The second-order valence-corrected chi connectivity index (χ2v) is 6.48. The van der Waals surface area contributed by atoms with Gasteiger partial charge in [-0.3, -0.25) is 19.5 Å². The highest BCUT2D eigenvalue weighted by molar-refractivity contribution is 6.26. The van der Waals surface area contributed by atoms with E-state index in [0.717, 1.165) is 16.5 Å². The van der Waals surface area contributed by atoms with Gasteiger partial charge in [0.05, 0.1) is 22.3 Å². The van der Waals surface area contributed by atoms with Crippen LogP contribution in [0.15, 0.2) is 54.6 Å². The number of benzene rings is 2. The predicted octanol–water partition coefficient (Wildman–Crippen LogP) is 3.77. The smallest absolute Gasteiger partial charge is 0.263 e. The van der Waals surface area contributed by atoms with Gasteiger partial charge in [0.15, 0.2) is 0 Å². The van der Waals surface area contributed by atoms with E-state index >= 15 is 0 Å². The first-order valence-electron chi connectivity index (χ1n) is 8.39. The summed E-state index contributed by atoms with van der Waals surface area (Å²) in [5, 5.41) is 0.746. The molecule has 4 heteroatoms. The van der Waals surface area contributed by atoms with Crippen LogP contribution in [0.1, 0.15) is 38.9 Å². The Morgan fingerprint density at radius 3 is 2.32 bits per heavy atom. The highest BCUT2D eigenvalue weighted by Crippen LogP contribution is 2.32. The molecule has 2 aromatic carbocycles. The molecule has 1 aromatic heterocycles. The number of amides is 2. The van der Waals surface area contributed by atoms with Gasteiger partial charge in [0.1, 0.15) is 0 Å². The van der Waals surface area contributed by atoms with Crippen molar-refractivity contribution in [1.29, 1.82) is 0 Å². The Balaban J connectivity index is 1.77. The molecule has 0 radical (unpaired) electrons. The monoisotopic (exact) mass is 330 g/mol. The summed E-state index contributed by atoms with van der Waals surface area (Å²) < 4.78 is 0. The Morgan fingerprint density at radius 2 is 1.56 bits per heavy atom. The Hall–Kier alpha value is -3.01. The number of para-hydroxylation sites is 1. The number of hydrogen-bond acceptors (Lipinski definition) is 3. The minimum Gasteiger partial charge on any atom is -0.271 e. The van der Waals surface area contributed by atoms with Crippen LogP contribution in [0.25, 0.3) is 10.9 Å². The third kappa shape index (κ3) is 2.41. The van der Waals surface area contributed by atoms with Crippen molar-refractivity contribution < 1.29 is 9.59 Å². The number of pyridine rings is 1. The molecule has 0 spiro atoms. The van der Waals surface area contributed by atoms with Gasteiger partial charge < -0.3 is 0 Å². The van der Waals surface area contributed by atoms with Gasteiger partial charge in [-0.1, -0.05) is 48.5 Å². The van der Waals surface area contributed by atoms with Gasteiger partial charge >= 0.3 is 0 Å². The summed E-state index contributed by atoms with van der Waals surface area (Å²) in [6, 6.07) is 17.2. The lowest BCUT2D eigenvalue weighted by atomic mass is 10.0. The maximum absolute atomic E-state index is 13.1. The van der Waals surface area contributed by atoms with Crippen LogP contribution in [0.5, 0.6) is 0 Å². The molecule has 3 aromatic rings. The lowest BCUT2D eigenvalue weighted by Crippen LogP contribution is -2.39. The standard InChI is InChI=1S/C21H18N2O2/c1-13(12-15-8-4-3-5-9-15)23-20(24)18-14(2)22-17-11-7-6-10-16(17)19(18)21(23)25/h3-11,13H,12H2,1-2H3. The fourth-order valence-corrected chi connectivity index (χ4v) is 3.60. The molecule has 0 saturated carbocycles. The van der Waals surface area contributed by atoms with Crippen LogP contribution in [0.4, 0.5) is 0 Å². The molecular formula is C21H18N2O2. The maximum atomic E-state index is 13.1. The SMILES string of the molecule is Cc1nc2ccccc2c2c1C(=O)N(C(C)Cc1ccccc1)C2=O. The molecule has 0 N–H and O–H groups in total. The van der Waals surface area contributed by atoms with Gasteiger partial charge in [0.25, 0.3) is 11.8 Å². The molecular weight excluding hydrogens is 312 g/mol. The van der Waals surface area contributed by atoms with Gasteiger partial charge in [-0.15, -0.1) is 0 Å². The van der Waals surface area contributed by atoms with Crippen molar-refractivity contribution in [3.63, 3.8) is 0 Å². The molecule has 4 nitrogen and oxygen atoms in total. The number of imide groups is 1. The molecule has 1 aliphatic heterocycles. The summed E-state index contributed by atoms with van der Waals surface area (Å²) in [4.78, 5) is 31.9. The number of nitrogens with zero attached hydrogens (tertiary/aromatic N) is 2. The Bertz CT molecular complexity index is 995. The summed E-state index contributed by atoms with van der Waals surface area (Å²) in [5.41, 5.74) is 3.40. The minimum absolute atomic E-state index is 0.215. The third-order valence-corrected chi connectivity index (χ3v) is 4.75. The molecule has 0 fully saturated rings. The van der Waals surface area contributed by atoms with E-state index in [2.05, 4.69) is 4.98 Å². The summed E-state index contributed by atoms with van der Waals surface area (Å²) >= 11 is 0. The molecule has 1 atom stereocenters. The first kappa shape index (κ1) is 15.5. The van der Waals surface area contributed by atoms with E-state index in [1.165, 1.54) is 4.90 Å². The van der Waals surface area contributed by atoms with Crippen molar-refractivity contribution in [3.8, 4) is 0 Å². The Labute approximate surface area is 146 Å². The van der Waals surface area contributed by atoms with Crippen molar-refractivity contribution in [2.24, 2.45) is 0 Å². The molecule has 2 heterocycles. The van der Waals surface area contributed by atoms with Crippen LogP contribution in [0, 0.1) is 6.92 Å². The predicted molar refractivity (Wildman–Crippen MR) is 96.6 cm³/mol. The van der Waals surface area contributed by atoms with Gasteiger partial charge in [0, 0.05) is 11.4 Å². The van der Waals surface area contributed by atoms with Crippen molar-refractivity contribution in [3.05, 3.63) is 77.0 Å². The van der Waals surface area contributed by atoms with Crippen LogP contribution in [0.3, 0.4) is 0 Å². The lowest BCUT2D eigenvalue weighted by molar-refractivity contribution is 0.0597. The van der Waals surface area contributed by atoms with Crippen molar-refractivity contribution >= 4 is 22.7 Å². The second kappa shape index (κ2) is 5.81. The van der Waals surface area contributed by atoms with E-state index in [9.17, 15) is 9.59 Å². The molecule has 124 valence electrons. The van der Waals surface area contributed by atoms with Gasteiger partial charge in [0.2, 0.25) is 0 Å². The van der Waals surface area contributed by atoms with Crippen molar-refractivity contribution in [2.75, 3.05) is 0 Å². The van der Waals surface area contributed by atoms with Crippen molar-refractivity contribution in [1.82, 2.24) is 9.88 Å². The van der Waals surface area contributed by atoms with Crippen LogP contribution in [-0.4, -0.2) is 27.7 Å². The molecule has 1 aliphatic rings. The molecule has 4 rings (SSSR count). The average molecular weight is 330 g/mol. The van der Waals surface area contributed by atoms with E-state index in [-0.39, 0.29) is 17.9 Å². The van der Waals surface area contributed by atoms with Gasteiger partial charge in [-0.2, -0.15) is 0 Å². The zero-order chi connectivity index (χ0) is 17.6. The molecule has 25 heavy (non-hydrogen) atoms. The van der Waals surface area contributed by atoms with E-state index in [0.29, 0.717) is 23.2 Å². The Kier molecular flexibility index (Phi) is 3.61. The van der Waals surface area contributed by atoms with E-state index in [4.69, 9.17) is 0 Å². The highest BCUT2D eigenvalue weighted by atomic mass is 16.2. The minimum atomic E-state index is -0.237. The fourth-order valence-electron chi connectivity index (χ4n) is 3.60. The summed E-state index contributed by atoms with van der Waals surface area (Å²) in [6.45, 7) is 3.71. The van der Waals surface area contributed by atoms with Crippen LogP contribution >= 0.6 is 0 Å². The lowest BCUT2D eigenvalue weighted by Gasteiger charge is -2.22.